The van der Waals surface area contributed by atoms with Gasteiger partial charge in [-0.25, -0.2) is 4.98 Å². The Balaban J connectivity index is 1.62. The minimum atomic E-state index is 0.181. The van der Waals surface area contributed by atoms with Crippen molar-refractivity contribution in [3.8, 4) is 0 Å². The first-order valence-electron chi connectivity index (χ1n) is 10.5. The number of carbonyl (C=O) groups is 1. The normalized spacial score (nSPS) is 16.3. The molecular weight excluding hydrogens is 336 g/mol. The molecule has 0 unspecified atom stereocenters. The van der Waals surface area contributed by atoms with E-state index < -0.39 is 0 Å². The minimum Gasteiger partial charge on any atom is -0.340 e. The zero-order valence-corrected chi connectivity index (χ0v) is 17.3. The molecular formula is C22H34N4O. The third-order valence-electron chi connectivity index (χ3n) is 5.72. The lowest BCUT2D eigenvalue weighted by molar-refractivity contribution is -0.138. The number of rotatable bonds is 7. The van der Waals surface area contributed by atoms with E-state index >= 15 is 0 Å². The topological polar surface area (TPSA) is 41.4 Å². The van der Waals surface area contributed by atoms with Crippen molar-refractivity contribution in [2.24, 2.45) is 5.92 Å². The van der Waals surface area contributed by atoms with Crippen LogP contribution in [0.1, 0.15) is 52.8 Å². The molecule has 0 atom stereocenters. The second-order valence-electron chi connectivity index (χ2n) is 7.94. The number of carbonyl (C=O) groups excluding carboxylic acids is 1. The van der Waals surface area contributed by atoms with Crippen molar-refractivity contribution in [3.63, 3.8) is 0 Å². The van der Waals surface area contributed by atoms with Crippen LogP contribution in [0.15, 0.2) is 24.3 Å². The van der Waals surface area contributed by atoms with Crippen molar-refractivity contribution in [1.82, 2.24) is 19.4 Å². The first-order chi connectivity index (χ1) is 13.0. The maximum absolute atomic E-state index is 12.9. The van der Waals surface area contributed by atoms with Gasteiger partial charge in [0.15, 0.2) is 0 Å². The molecule has 3 rings (SSSR count). The molecule has 0 spiro atoms. The third kappa shape index (κ3) is 4.34. The predicted octanol–water partition coefficient (Wildman–Crippen LogP) is 3.92. The average Bonchev–Trinajstić information content (AvgIpc) is 3.02. The van der Waals surface area contributed by atoms with Gasteiger partial charge >= 0.3 is 0 Å². The first kappa shape index (κ1) is 19.9. The highest BCUT2D eigenvalue weighted by atomic mass is 16.2. The van der Waals surface area contributed by atoms with E-state index in [0.29, 0.717) is 11.9 Å². The van der Waals surface area contributed by atoms with Crippen LogP contribution in [-0.2, 0) is 17.9 Å². The summed E-state index contributed by atoms with van der Waals surface area (Å²) in [5.74, 6) is 1.67. The Bertz CT molecular complexity index is 759. The van der Waals surface area contributed by atoms with E-state index in [4.69, 9.17) is 4.98 Å². The van der Waals surface area contributed by atoms with Gasteiger partial charge in [-0.2, -0.15) is 0 Å². The van der Waals surface area contributed by atoms with Gasteiger partial charge in [0, 0.05) is 25.0 Å². The molecule has 0 aliphatic carbocycles. The van der Waals surface area contributed by atoms with E-state index in [9.17, 15) is 4.79 Å². The van der Waals surface area contributed by atoms with E-state index in [-0.39, 0.29) is 5.92 Å². The Morgan fingerprint density at radius 2 is 1.93 bits per heavy atom. The number of benzene rings is 1. The van der Waals surface area contributed by atoms with E-state index in [0.717, 1.165) is 63.3 Å². The Morgan fingerprint density at radius 3 is 2.56 bits per heavy atom. The van der Waals surface area contributed by atoms with E-state index in [1.807, 2.05) is 6.07 Å². The van der Waals surface area contributed by atoms with Gasteiger partial charge in [0.2, 0.25) is 5.91 Å². The highest BCUT2D eigenvalue weighted by molar-refractivity contribution is 5.79. The third-order valence-corrected chi connectivity index (χ3v) is 5.72. The molecule has 1 amide bonds. The summed E-state index contributed by atoms with van der Waals surface area (Å²) in [4.78, 5) is 22.3. The van der Waals surface area contributed by atoms with Crippen LogP contribution in [0.3, 0.4) is 0 Å². The van der Waals surface area contributed by atoms with Crippen LogP contribution in [0.5, 0.6) is 0 Å². The standard InChI is InChI=1S/C22H34N4O/c1-5-13-26(17(3)4)22(27)18-11-14-24(15-12-18)16-21-23-19-9-7-8-10-20(19)25(21)6-2/h7-10,17-18H,5-6,11-16H2,1-4H3. The van der Waals surface area contributed by atoms with Gasteiger partial charge in [0.05, 0.1) is 17.6 Å². The van der Waals surface area contributed by atoms with E-state index in [1.54, 1.807) is 0 Å². The number of hydrogen-bond donors (Lipinski definition) is 0. The fourth-order valence-corrected chi connectivity index (χ4v) is 4.24. The number of para-hydroxylation sites is 2. The SMILES string of the molecule is CCCN(C(=O)C1CCN(Cc2nc3ccccc3n2CC)CC1)C(C)C. The fourth-order valence-electron chi connectivity index (χ4n) is 4.24. The van der Waals surface area contributed by atoms with Crippen LogP contribution in [0.4, 0.5) is 0 Å². The van der Waals surface area contributed by atoms with Gasteiger partial charge in [-0.1, -0.05) is 19.1 Å². The highest BCUT2D eigenvalue weighted by Gasteiger charge is 2.29. The maximum atomic E-state index is 12.9. The number of aryl methyl sites for hydroxylation is 1. The molecule has 1 aliphatic heterocycles. The number of nitrogens with zero attached hydrogens (tertiary/aromatic N) is 4. The average molecular weight is 371 g/mol. The Morgan fingerprint density at radius 1 is 1.22 bits per heavy atom. The van der Waals surface area contributed by atoms with Crippen LogP contribution in [0, 0.1) is 5.92 Å². The van der Waals surface area contributed by atoms with E-state index in [1.165, 1.54) is 5.52 Å². The lowest BCUT2D eigenvalue weighted by atomic mass is 9.94. The van der Waals surface area contributed by atoms with Crippen molar-refractivity contribution in [2.45, 2.75) is 66.1 Å². The largest absolute Gasteiger partial charge is 0.340 e. The lowest BCUT2D eigenvalue weighted by Crippen LogP contribution is -2.45. The lowest BCUT2D eigenvalue weighted by Gasteiger charge is -2.35. The quantitative estimate of drug-likeness (QED) is 0.742. The number of likely N-dealkylation sites (tertiary alicyclic amines) is 1. The Kier molecular flexibility index (Phi) is 6.53. The molecule has 1 fully saturated rings. The summed E-state index contributed by atoms with van der Waals surface area (Å²) in [5.41, 5.74) is 2.29. The summed E-state index contributed by atoms with van der Waals surface area (Å²) in [6.07, 6.45) is 2.94. The smallest absolute Gasteiger partial charge is 0.226 e. The Labute approximate surface area is 163 Å². The molecule has 5 nitrogen and oxygen atoms in total. The molecule has 0 N–H and O–H groups in total. The first-order valence-corrected chi connectivity index (χ1v) is 10.5. The summed E-state index contributed by atoms with van der Waals surface area (Å²) in [7, 11) is 0. The van der Waals surface area contributed by atoms with Crippen molar-refractivity contribution >= 4 is 16.9 Å². The van der Waals surface area contributed by atoms with Crippen LogP contribution >= 0.6 is 0 Å². The number of fused-ring (bicyclic) bond motifs is 1. The molecule has 0 saturated carbocycles. The summed E-state index contributed by atoms with van der Waals surface area (Å²) < 4.78 is 2.31. The summed E-state index contributed by atoms with van der Waals surface area (Å²) in [6, 6.07) is 8.65. The fraction of sp³-hybridized carbons (Fsp3) is 0.636. The summed E-state index contributed by atoms with van der Waals surface area (Å²) in [6.45, 7) is 13.2. The van der Waals surface area contributed by atoms with Crippen LogP contribution in [0.2, 0.25) is 0 Å². The van der Waals surface area contributed by atoms with Crippen molar-refractivity contribution in [2.75, 3.05) is 19.6 Å². The molecule has 1 aromatic carbocycles. The zero-order chi connectivity index (χ0) is 19.4. The van der Waals surface area contributed by atoms with Gasteiger partial charge in [-0.3, -0.25) is 9.69 Å². The monoisotopic (exact) mass is 370 g/mol. The molecule has 27 heavy (non-hydrogen) atoms. The van der Waals surface area contributed by atoms with Gasteiger partial charge in [0.25, 0.3) is 0 Å². The minimum absolute atomic E-state index is 0.181. The predicted molar refractivity (Wildman–Crippen MR) is 111 cm³/mol. The summed E-state index contributed by atoms with van der Waals surface area (Å²) in [5, 5.41) is 0. The van der Waals surface area contributed by atoms with Crippen LogP contribution in [0.25, 0.3) is 11.0 Å². The molecule has 1 saturated heterocycles. The summed E-state index contributed by atoms with van der Waals surface area (Å²) >= 11 is 0. The molecule has 0 bridgehead atoms. The van der Waals surface area contributed by atoms with Gasteiger partial charge in [-0.05, 0) is 65.3 Å². The molecule has 1 aromatic heterocycles. The van der Waals surface area contributed by atoms with Crippen LogP contribution < -0.4 is 0 Å². The Hall–Kier alpha value is -1.88. The number of imidazole rings is 1. The number of aromatic nitrogens is 2. The molecule has 1 aliphatic rings. The molecule has 0 radical (unpaired) electrons. The van der Waals surface area contributed by atoms with Gasteiger partial charge in [-0.15, -0.1) is 0 Å². The molecule has 2 aromatic rings. The van der Waals surface area contributed by atoms with Crippen LogP contribution in [-0.4, -0.2) is 50.9 Å². The second-order valence-corrected chi connectivity index (χ2v) is 7.94. The second kappa shape index (κ2) is 8.87. The van der Waals surface area contributed by atoms with Gasteiger partial charge < -0.3 is 9.47 Å². The number of piperidine rings is 1. The molecule has 2 heterocycles. The van der Waals surface area contributed by atoms with E-state index in [2.05, 4.69) is 60.3 Å². The molecule has 5 heteroatoms. The zero-order valence-electron chi connectivity index (χ0n) is 17.3. The van der Waals surface area contributed by atoms with Gasteiger partial charge in [0.1, 0.15) is 5.82 Å². The highest BCUT2D eigenvalue weighted by Crippen LogP contribution is 2.23. The van der Waals surface area contributed by atoms with Crippen molar-refractivity contribution in [1.29, 1.82) is 0 Å². The number of amides is 1. The maximum Gasteiger partial charge on any atom is 0.226 e. The molecule has 148 valence electrons. The number of hydrogen-bond acceptors (Lipinski definition) is 3. The van der Waals surface area contributed by atoms with Crippen molar-refractivity contribution in [3.05, 3.63) is 30.1 Å². The van der Waals surface area contributed by atoms with Crippen molar-refractivity contribution < 1.29 is 4.79 Å².